The molecule has 0 radical (unpaired) electrons. The molecule has 0 unspecified atom stereocenters. The van der Waals surface area contributed by atoms with Crippen molar-refractivity contribution in [3.63, 3.8) is 0 Å². The van der Waals surface area contributed by atoms with E-state index in [1.165, 1.54) is 114 Å². The van der Waals surface area contributed by atoms with Crippen molar-refractivity contribution in [2.24, 2.45) is 17.8 Å². The van der Waals surface area contributed by atoms with Gasteiger partial charge in [0, 0.05) is 16.8 Å². The van der Waals surface area contributed by atoms with Crippen LogP contribution < -0.4 is 20.9 Å². The molecule has 4 N–H and O–H groups in total. The van der Waals surface area contributed by atoms with E-state index in [9.17, 15) is 0 Å². The molecule has 4 aromatic rings. The highest BCUT2D eigenvalue weighted by Crippen LogP contribution is 2.51. The molecule has 0 amide bonds. The molecule has 0 saturated heterocycles. The minimum atomic E-state index is -0.0235. The summed E-state index contributed by atoms with van der Waals surface area (Å²) in [6.07, 6.45) is 22.1. The van der Waals surface area contributed by atoms with Crippen LogP contribution in [0.1, 0.15) is 121 Å². The maximum Gasteiger partial charge on any atom is 0.127 e. The average molecular weight is 659 g/mol. The van der Waals surface area contributed by atoms with E-state index in [1.54, 1.807) is 0 Å². The van der Waals surface area contributed by atoms with Gasteiger partial charge in [0.25, 0.3) is 0 Å². The van der Waals surface area contributed by atoms with E-state index in [2.05, 4.69) is 55.5 Å². The number of ether oxygens (including phenoxy) is 2. The first-order chi connectivity index (χ1) is 24.0. The molecule has 260 valence electrons. The molecule has 0 heterocycles. The average Bonchev–Trinajstić information content (AvgIpc) is 3.14. The topological polar surface area (TPSA) is 70.5 Å². The third-order valence-corrected chi connectivity index (χ3v) is 11.7. The van der Waals surface area contributed by atoms with Gasteiger partial charge in [-0.05, 0) is 140 Å². The Bertz CT molecular complexity index is 1440. The van der Waals surface area contributed by atoms with Crippen molar-refractivity contribution in [1.82, 2.24) is 0 Å². The number of nitrogens with two attached hydrogens (primary N) is 2. The highest BCUT2D eigenvalue weighted by molar-refractivity contribution is 5.47. The molecule has 49 heavy (non-hydrogen) atoms. The Balaban J connectivity index is 1.10. The maximum absolute atomic E-state index is 6.17. The van der Waals surface area contributed by atoms with Crippen LogP contribution in [0.3, 0.4) is 0 Å². The molecule has 4 nitrogen and oxygen atoms in total. The van der Waals surface area contributed by atoms with Crippen molar-refractivity contribution in [3.05, 3.63) is 108 Å². The molecule has 2 fully saturated rings. The predicted molar refractivity (Wildman–Crippen MR) is 206 cm³/mol. The molecular formula is C45H58N2O2. The van der Waals surface area contributed by atoms with Gasteiger partial charge in [0.05, 0.1) is 0 Å². The van der Waals surface area contributed by atoms with Crippen molar-refractivity contribution in [2.45, 2.75) is 115 Å². The fraction of sp³-hybridized carbons (Fsp3) is 0.467. The van der Waals surface area contributed by atoms with Crippen LogP contribution in [-0.2, 0) is 5.41 Å². The maximum atomic E-state index is 6.17. The van der Waals surface area contributed by atoms with Crippen LogP contribution in [0.25, 0.3) is 0 Å². The smallest absolute Gasteiger partial charge is 0.127 e. The van der Waals surface area contributed by atoms with Crippen LogP contribution in [0.5, 0.6) is 23.0 Å². The highest BCUT2D eigenvalue weighted by atomic mass is 16.5. The number of nitrogen functional groups attached to an aromatic ring is 2. The van der Waals surface area contributed by atoms with Gasteiger partial charge in [-0.3, -0.25) is 0 Å². The number of benzene rings is 4. The van der Waals surface area contributed by atoms with Crippen molar-refractivity contribution >= 4 is 11.4 Å². The highest BCUT2D eigenvalue weighted by Gasteiger charge is 2.41. The van der Waals surface area contributed by atoms with Gasteiger partial charge in [-0.1, -0.05) is 95.4 Å². The van der Waals surface area contributed by atoms with Gasteiger partial charge >= 0.3 is 0 Å². The summed E-state index contributed by atoms with van der Waals surface area (Å²) in [5.74, 6) is 5.99. The third kappa shape index (κ3) is 9.41. The molecule has 4 aromatic carbocycles. The minimum Gasteiger partial charge on any atom is -0.457 e. The molecule has 0 atom stereocenters. The standard InChI is InChI=1S/C45H58N2O2/c1-2-3-4-5-6-7-8-9-34-10-12-35(13-11-34)36-30-32-45(33-31-36,37-14-22-41(23-15-37)48-43-26-18-39(46)19-27-43)38-16-24-42(25-17-38)49-44-28-20-40(47)21-29-44/h14-29,34-36H,2-13,30-33,46-47H2,1H3. The Kier molecular flexibility index (Phi) is 12.2. The van der Waals surface area contributed by atoms with E-state index in [4.69, 9.17) is 20.9 Å². The lowest BCUT2D eigenvalue weighted by atomic mass is 9.60. The summed E-state index contributed by atoms with van der Waals surface area (Å²) in [4.78, 5) is 0. The van der Waals surface area contributed by atoms with Crippen molar-refractivity contribution in [3.8, 4) is 23.0 Å². The summed E-state index contributed by atoms with van der Waals surface area (Å²) in [6, 6.07) is 32.9. The minimum absolute atomic E-state index is 0.0235. The van der Waals surface area contributed by atoms with E-state index < -0.39 is 0 Å². The fourth-order valence-electron chi connectivity index (χ4n) is 8.71. The molecule has 6 rings (SSSR count). The number of hydrogen-bond donors (Lipinski definition) is 2. The second kappa shape index (κ2) is 17.1. The second-order valence-electron chi connectivity index (χ2n) is 15.0. The summed E-state index contributed by atoms with van der Waals surface area (Å²) in [5, 5.41) is 0. The molecule has 0 aromatic heterocycles. The first kappa shape index (κ1) is 34.9. The van der Waals surface area contributed by atoms with Crippen LogP contribution in [-0.4, -0.2) is 0 Å². The molecule has 4 heteroatoms. The SMILES string of the molecule is CCCCCCCCCC1CCC(C2CCC(c3ccc(Oc4ccc(N)cc4)cc3)(c3ccc(Oc4ccc(N)cc4)cc3)CC2)CC1. The van der Waals surface area contributed by atoms with Gasteiger partial charge in [0.2, 0.25) is 0 Å². The summed E-state index contributed by atoms with van der Waals surface area (Å²) in [6.45, 7) is 2.30. The summed E-state index contributed by atoms with van der Waals surface area (Å²) in [7, 11) is 0. The molecule has 2 aliphatic rings. The third-order valence-electron chi connectivity index (χ3n) is 11.7. The van der Waals surface area contributed by atoms with Gasteiger partial charge in [0.1, 0.15) is 23.0 Å². The first-order valence-electron chi connectivity index (χ1n) is 19.3. The van der Waals surface area contributed by atoms with Crippen LogP contribution >= 0.6 is 0 Å². The predicted octanol–water partition coefficient (Wildman–Crippen LogP) is 12.9. The Labute approximate surface area is 295 Å². The van der Waals surface area contributed by atoms with Crippen LogP contribution in [0.15, 0.2) is 97.1 Å². The lowest BCUT2D eigenvalue weighted by Gasteiger charge is -2.44. The zero-order chi connectivity index (χ0) is 33.9. The first-order valence-corrected chi connectivity index (χ1v) is 19.3. The van der Waals surface area contributed by atoms with E-state index in [0.29, 0.717) is 0 Å². The largest absolute Gasteiger partial charge is 0.457 e. The second-order valence-corrected chi connectivity index (χ2v) is 15.0. The van der Waals surface area contributed by atoms with Crippen LogP contribution in [0.2, 0.25) is 0 Å². The summed E-state index contributed by atoms with van der Waals surface area (Å²) >= 11 is 0. The van der Waals surface area contributed by atoms with Crippen LogP contribution in [0.4, 0.5) is 11.4 Å². The molecular weight excluding hydrogens is 601 g/mol. The van der Waals surface area contributed by atoms with Gasteiger partial charge < -0.3 is 20.9 Å². The van der Waals surface area contributed by atoms with Gasteiger partial charge in [-0.15, -0.1) is 0 Å². The van der Waals surface area contributed by atoms with E-state index in [0.717, 1.165) is 52.1 Å². The number of anilines is 2. The molecule has 2 aliphatic carbocycles. The van der Waals surface area contributed by atoms with Crippen molar-refractivity contribution in [2.75, 3.05) is 11.5 Å². The lowest BCUT2D eigenvalue weighted by Crippen LogP contribution is -2.35. The zero-order valence-corrected chi connectivity index (χ0v) is 29.8. The monoisotopic (exact) mass is 658 g/mol. The van der Waals surface area contributed by atoms with E-state index >= 15 is 0 Å². The lowest BCUT2D eigenvalue weighted by molar-refractivity contribution is 0.140. The van der Waals surface area contributed by atoms with Gasteiger partial charge in [-0.2, -0.15) is 0 Å². The van der Waals surface area contributed by atoms with Crippen molar-refractivity contribution < 1.29 is 9.47 Å². The Hall–Kier alpha value is -3.92. The normalized spacial score (nSPS) is 19.4. The van der Waals surface area contributed by atoms with Gasteiger partial charge in [-0.25, -0.2) is 0 Å². The van der Waals surface area contributed by atoms with E-state index in [1.807, 2.05) is 48.5 Å². The number of rotatable bonds is 15. The van der Waals surface area contributed by atoms with Crippen molar-refractivity contribution in [1.29, 1.82) is 0 Å². The summed E-state index contributed by atoms with van der Waals surface area (Å²) < 4.78 is 12.3. The van der Waals surface area contributed by atoms with Gasteiger partial charge in [0.15, 0.2) is 0 Å². The zero-order valence-electron chi connectivity index (χ0n) is 29.8. The number of hydrogen-bond acceptors (Lipinski definition) is 4. The Morgan fingerprint density at radius 2 is 0.878 bits per heavy atom. The molecule has 2 saturated carbocycles. The van der Waals surface area contributed by atoms with E-state index in [-0.39, 0.29) is 5.41 Å². The quantitative estimate of drug-likeness (QED) is 0.0985. The van der Waals surface area contributed by atoms with Crippen LogP contribution in [0, 0.1) is 17.8 Å². The Morgan fingerprint density at radius 1 is 0.490 bits per heavy atom. The molecule has 0 spiro atoms. The summed E-state index contributed by atoms with van der Waals surface area (Å²) in [5.41, 5.74) is 16.0. The number of unbranched alkanes of at least 4 members (excludes halogenated alkanes) is 6. The Morgan fingerprint density at radius 3 is 1.33 bits per heavy atom. The molecule has 0 bridgehead atoms. The fourth-order valence-corrected chi connectivity index (χ4v) is 8.71. The molecule has 0 aliphatic heterocycles.